The van der Waals surface area contributed by atoms with Gasteiger partial charge in [-0.3, -0.25) is 9.59 Å². The van der Waals surface area contributed by atoms with Gasteiger partial charge in [-0.25, -0.2) is 4.79 Å². The average molecular weight is 286 g/mol. The second kappa shape index (κ2) is 7.72. The van der Waals surface area contributed by atoms with Crippen LogP contribution in [-0.2, 0) is 14.3 Å². The van der Waals surface area contributed by atoms with Crippen molar-refractivity contribution in [3.8, 4) is 0 Å². The number of hydrogen-bond acceptors (Lipinski definition) is 4. The second-order valence-corrected chi connectivity index (χ2v) is 5.10. The van der Waals surface area contributed by atoms with Crippen molar-refractivity contribution in [1.82, 2.24) is 10.2 Å². The molecule has 2 amide bonds. The second-order valence-electron chi connectivity index (χ2n) is 5.10. The van der Waals surface area contributed by atoms with Crippen molar-refractivity contribution in [2.45, 2.75) is 38.1 Å². The number of amides is 2. The summed E-state index contributed by atoms with van der Waals surface area (Å²) in [6, 6.07) is -0.308. The Hall–Kier alpha value is -1.79. The molecule has 20 heavy (non-hydrogen) atoms. The summed E-state index contributed by atoms with van der Waals surface area (Å²) < 4.78 is 4.52. The Morgan fingerprint density at radius 1 is 1.35 bits per heavy atom. The van der Waals surface area contributed by atoms with Crippen molar-refractivity contribution in [2.24, 2.45) is 5.92 Å². The first-order chi connectivity index (χ1) is 9.43. The number of carboxylic acid groups (broad SMARTS) is 1. The molecule has 0 aromatic rings. The van der Waals surface area contributed by atoms with E-state index in [2.05, 4.69) is 10.1 Å². The number of hydrogen-bond donors (Lipinski definition) is 2. The molecule has 0 saturated heterocycles. The number of aliphatic carboxylic acids is 1. The number of carboxylic acids is 1. The smallest absolute Gasteiger partial charge is 0.317 e. The highest BCUT2D eigenvalue weighted by molar-refractivity contribution is 5.75. The summed E-state index contributed by atoms with van der Waals surface area (Å²) in [5, 5.41) is 11.7. The molecule has 0 aromatic carbocycles. The van der Waals surface area contributed by atoms with Crippen molar-refractivity contribution in [3.63, 3.8) is 0 Å². The third-order valence-electron chi connectivity index (χ3n) is 3.56. The molecule has 0 radical (unpaired) electrons. The Kier molecular flexibility index (Phi) is 6.27. The van der Waals surface area contributed by atoms with Crippen LogP contribution in [0, 0.1) is 5.92 Å². The first kappa shape index (κ1) is 16.3. The molecule has 7 heteroatoms. The summed E-state index contributed by atoms with van der Waals surface area (Å²) in [6.45, 7) is 0.454. The van der Waals surface area contributed by atoms with Crippen LogP contribution >= 0.6 is 0 Å². The van der Waals surface area contributed by atoms with Gasteiger partial charge in [-0.05, 0) is 25.7 Å². The van der Waals surface area contributed by atoms with Crippen LogP contribution in [0.15, 0.2) is 0 Å². The molecule has 1 rings (SSSR count). The quantitative estimate of drug-likeness (QED) is 0.705. The number of ether oxygens (including phenoxy) is 1. The molecule has 0 bridgehead atoms. The van der Waals surface area contributed by atoms with Crippen molar-refractivity contribution in [2.75, 3.05) is 20.7 Å². The summed E-state index contributed by atoms with van der Waals surface area (Å²) in [6.07, 6.45) is 2.60. The van der Waals surface area contributed by atoms with Gasteiger partial charge in [0.15, 0.2) is 0 Å². The van der Waals surface area contributed by atoms with Crippen LogP contribution in [0.4, 0.5) is 4.79 Å². The van der Waals surface area contributed by atoms with E-state index in [0.29, 0.717) is 32.2 Å². The molecule has 1 aliphatic carbocycles. The largest absolute Gasteiger partial charge is 0.481 e. The van der Waals surface area contributed by atoms with E-state index in [-0.39, 0.29) is 30.4 Å². The van der Waals surface area contributed by atoms with Crippen molar-refractivity contribution in [3.05, 3.63) is 0 Å². The molecule has 7 nitrogen and oxygen atoms in total. The van der Waals surface area contributed by atoms with E-state index in [1.165, 1.54) is 12.0 Å². The number of carbonyl (C=O) groups is 3. The fraction of sp³-hybridized carbons (Fsp3) is 0.769. The minimum Gasteiger partial charge on any atom is -0.481 e. The summed E-state index contributed by atoms with van der Waals surface area (Å²) in [5.74, 6) is -1.45. The Bertz CT molecular complexity index is 372. The molecule has 0 spiro atoms. The molecule has 114 valence electrons. The summed E-state index contributed by atoms with van der Waals surface area (Å²) >= 11 is 0. The van der Waals surface area contributed by atoms with E-state index in [1.54, 1.807) is 7.05 Å². The zero-order chi connectivity index (χ0) is 15.1. The van der Waals surface area contributed by atoms with Crippen LogP contribution in [-0.4, -0.2) is 54.7 Å². The highest BCUT2D eigenvalue weighted by atomic mass is 16.5. The molecular weight excluding hydrogens is 264 g/mol. The minimum absolute atomic E-state index is 0.0772. The van der Waals surface area contributed by atoms with E-state index in [1.807, 2.05) is 0 Å². The first-order valence-electron chi connectivity index (χ1n) is 6.75. The van der Waals surface area contributed by atoms with Crippen LogP contribution in [0.1, 0.15) is 32.1 Å². The first-order valence-corrected chi connectivity index (χ1v) is 6.75. The van der Waals surface area contributed by atoms with Gasteiger partial charge in [0.2, 0.25) is 0 Å². The standard InChI is InChI=1S/C13H22N2O5/c1-15(7-3-4-11(16)20-2)13(19)14-10-6-5-9(8-10)12(17)18/h9-10H,3-8H2,1-2H3,(H,14,19)(H,17,18)/t9-,10+/m1/s1. The van der Waals surface area contributed by atoms with Gasteiger partial charge in [-0.2, -0.15) is 0 Å². The number of nitrogens with zero attached hydrogens (tertiary/aromatic N) is 1. The number of nitrogens with one attached hydrogen (secondary N) is 1. The van der Waals surface area contributed by atoms with Crippen LogP contribution in [0.5, 0.6) is 0 Å². The van der Waals surface area contributed by atoms with Crippen LogP contribution in [0.2, 0.25) is 0 Å². The Balaban J connectivity index is 2.25. The molecule has 1 fully saturated rings. The third kappa shape index (κ3) is 5.07. The highest BCUT2D eigenvalue weighted by Crippen LogP contribution is 2.25. The zero-order valence-electron chi connectivity index (χ0n) is 11.9. The lowest BCUT2D eigenvalue weighted by molar-refractivity contribution is -0.142. The number of urea groups is 1. The van der Waals surface area contributed by atoms with E-state index in [0.717, 1.165) is 0 Å². The van der Waals surface area contributed by atoms with Crippen molar-refractivity contribution in [1.29, 1.82) is 0 Å². The maximum atomic E-state index is 11.9. The molecule has 2 atom stereocenters. The van der Waals surface area contributed by atoms with Crippen LogP contribution in [0.3, 0.4) is 0 Å². The number of rotatable bonds is 6. The molecule has 0 unspecified atom stereocenters. The van der Waals surface area contributed by atoms with Gasteiger partial charge >= 0.3 is 18.0 Å². The number of carbonyl (C=O) groups excluding carboxylic acids is 2. The predicted molar refractivity (Wildman–Crippen MR) is 71.2 cm³/mol. The molecule has 0 aliphatic heterocycles. The normalized spacial score (nSPS) is 21.3. The van der Waals surface area contributed by atoms with Gasteiger partial charge in [0, 0.05) is 26.1 Å². The summed E-state index contributed by atoms with van der Waals surface area (Å²) in [7, 11) is 2.98. The fourth-order valence-electron chi connectivity index (χ4n) is 2.29. The molecule has 2 N–H and O–H groups in total. The molecule has 1 aliphatic rings. The molecule has 0 aromatic heterocycles. The van der Waals surface area contributed by atoms with Gasteiger partial charge in [-0.15, -0.1) is 0 Å². The third-order valence-corrected chi connectivity index (χ3v) is 3.56. The summed E-state index contributed by atoms with van der Waals surface area (Å²) in [5.41, 5.74) is 0. The maximum absolute atomic E-state index is 11.9. The average Bonchev–Trinajstić information content (AvgIpc) is 2.86. The lowest BCUT2D eigenvalue weighted by atomic mass is 10.1. The fourth-order valence-corrected chi connectivity index (χ4v) is 2.29. The Morgan fingerprint density at radius 3 is 2.60 bits per heavy atom. The lowest BCUT2D eigenvalue weighted by Gasteiger charge is -2.20. The van der Waals surface area contributed by atoms with Gasteiger partial charge in [-0.1, -0.05) is 0 Å². The van der Waals surface area contributed by atoms with Crippen LogP contribution < -0.4 is 5.32 Å². The van der Waals surface area contributed by atoms with E-state index < -0.39 is 5.97 Å². The highest BCUT2D eigenvalue weighted by Gasteiger charge is 2.30. The van der Waals surface area contributed by atoms with E-state index in [4.69, 9.17) is 5.11 Å². The van der Waals surface area contributed by atoms with Gasteiger partial charge in [0.1, 0.15) is 0 Å². The zero-order valence-corrected chi connectivity index (χ0v) is 11.9. The van der Waals surface area contributed by atoms with Crippen LogP contribution in [0.25, 0.3) is 0 Å². The molecular formula is C13H22N2O5. The van der Waals surface area contributed by atoms with Crippen molar-refractivity contribution >= 4 is 18.0 Å². The summed E-state index contributed by atoms with van der Waals surface area (Å²) in [4.78, 5) is 35.1. The van der Waals surface area contributed by atoms with E-state index >= 15 is 0 Å². The minimum atomic E-state index is -0.798. The molecule has 1 saturated carbocycles. The van der Waals surface area contributed by atoms with Gasteiger partial charge < -0.3 is 20.1 Å². The number of esters is 1. The van der Waals surface area contributed by atoms with Crippen molar-refractivity contribution < 1.29 is 24.2 Å². The van der Waals surface area contributed by atoms with Gasteiger partial charge in [0.05, 0.1) is 13.0 Å². The lowest BCUT2D eigenvalue weighted by Crippen LogP contribution is -2.42. The molecule has 0 heterocycles. The topological polar surface area (TPSA) is 95.9 Å². The predicted octanol–water partition coefficient (Wildman–Crippen LogP) is 0.834. The van der Waals surface area contributed by atoms with Gasteiger partial charge in [0.25, 0.3) is 0 Å². The van der Waals surface area contributed by atoms with E-state index in [9.17, 15) is 14.4 Å². The monoisotopic (exact) mass is 286 g/mol. The Labute approximate surface area is 118 Å². The maximum Gasteiger partial charge on any atom is 0.317 e. The Morgan fingerprint density at radius 2 is 2.05 bits per heavy atom. The SMILES string of the molecule is COC(=O)CCCN(C)C(=O)N[C@H]1CC[C@@H](C(=O)O)C1. The number of methoxy groups -OCH3 is 1.